The second-order valence-electron chi connectivity index (χ2n) is 3.93. The maximum atomic E-state index is 8.98. The third-order valence-electron chi connectivity index (χ3n) is 2.38. The molecule has 0 aliphatic heterocycles. The number of nitrogens with zero attached hydrogens (tertiary/aromatic N) is 1. The summed E-state index contributed by atoms with van der Waals surface area (Å²) in [5, 5.41) is 9.48. The molecule has 0 radical (unpaired) electrons. The van der Waals surface area contributed by atoms with Gasteiger partial charge in [0.25, 0.3) is 0 Å². The molecule has 0 spiro atoms. The van der Waals surface area contributed by atoms with Gasteiger partial charge in [0.15, 0.2) is 0 Å². The Morgan fingerprint density at radius 1 is 1.33 bits per heavy atom. The molecule has 1 atom stereocenters. The topological polar surface area (TPSA) is 49.8 Å². The first kappa shape index (κ1) is 11.9. The van der Waals surface area contributed by atoms with Crippen molar-refractivity contribution in [1.29, 1.82) is 5.26 Å². The molecule has 0 bridgehead atoms. The van der Waals surface area contributed by atoms with E-state index in [1.807, 2.05) is 12.1 Å². The van der Waals surface area contributed by atoms with Crippen LogP contribution in [0.2, 0.25) is 0 Å². The molecule has 0 aromatic heterocycles. The zero-order valence-corrected chi connectivity index (χ0v) is 10.1. The van der Waals surface area contributed by atoms with Gasteiger partial charge in [-0.1, -0.05) is 20.8 Å². The first-order valence-corrected chi connectivity index (χ1v) is 5.89. The Balaban J connectivity index is 2.91. The highest BCUT2D eigenvalue weighted by Gasteiger charge is 2.11. The lowest BCUT2D eigenvalue weighted by atomic mass is 10.2. The number of nitriles is 1. The monoisotopic (exact) mass is 220 g/mol. The fourth-order valence-corrected chi connectivity index (χ4v) is 2.12. The van der Waals surface area contributed by atoms with E-state index in [9.17, 15) is 0 Å². The predicted molar refractivity (Wildman–Crippen MR) is 65.7 cm³/mol. The van der Waals surface area contributed by atoms with Crippen molar-refractivity contribution in [2.75, 3.05) is 5.73 Å². The second kappa shape index (κ2) is 5.09. The molecule has 0 amide bonds. The van der Waals surface area contributed by atoms with Crippen LogP contribution in [-0.2, 0) is 0 Å². The zero-order chi connectivity index (χ0) is 11.4. The van der Waals surface area contributed by atoms with Gasteiger partial charge in [-0.05, 0) is 24.1 Å². The quantitative estimate of drug-likeness (QED) is 0.628. The summed E-state index contributed by atoms with van der Waals surface area (Å²) in [5.74, 6) is 0.596. The normalized spacial score (nSPS) is 12.5. The first-order chi connectivity index (χ1) is 7.04. The largest absolute Gasteiger partial charge is 0.399 e. The van der Waals surface area contributed by atoms with Gasteiger partial charge in [-0.3, -0.25) is 0 Å². The second-order valence-corrected chi connectivity index (χ2v) is 5.35. The fourth-order valence-electron chi connectivity index (χ4n) is 1.07. The van der Waals surface area contributed by atoms with E-state index in [1.165, 1.54) is 0 Å². The minimum Gasteiger partial charge on any atom is -0.399 e. The lowest BCUT2D eigenvalue weighted by Crippen LogP contribution is -2.05. The summed E-state index contributed by atoms with van der Waals surface area (Å²) in [5.41, 5.74) is 6.95. The Bertz CT molecular complexity index is 380. The Kier molecular flexibility index (Phi) is 4.05. The van der Waals surface area contributed by atoms with Gasteiger partial charge in [0.05, 0.1) is 5.56 Å². The molecule has 1 aromatic carbocycles. The molecule has 1 unspecified atom stereocenters. The van der Waals surface area contributed by atoms with E-state index in [1.54, 1.807) is 17.8 Å². The predicted octanol–water partition coefficient (Wildman–Crippen LogP) is 3.28. The average molecular weight is 220 g/mol. The lowest BCUT2D eigenvalue weighted by molar-refractivity contribution is 0.642. The van der Waals surface area contributed by atoms with Crippen molar-refractivity contribution in [3.8, 4) is 6.07 Å². The smallest absolute Gasteiger partial charge is 0.100 e. The van der Waals surface area contributed by atoms with E-state index in [-0.39, 0.29) is 0 Å². The molecule has 15 heavy (non-hydrogen) atoms. The zero-order valence-electron chi connectivity index (χ0n) is 9.32. The number of benzene rings is 1. The summed E-state index contributed by atoms with van der Waals surface area (Å²) in [6.07, 6.45) is 0. The van der Waals surface area contributed by atoms with Crippen molar-refractivity contribution in [2.24, 2.45) is 5.92 Å². The van der Waals surface area contributed by atoms with Crippen LogP contribution in [0.25, 0.3) is 0 Å². The number of anilines is 1. The van der Waals surface area contributed by atoms with Crippen LogP contribution in [-0.4, -0.2) is 5.25 Å². The van der Waals surface area contributed by atoms with E-state index in [0.29, 0.717) is 22.4 Å². The molecule has 0 saturated carbocycles. The van der Waals surface area contributed by atoms with Gasteiger partial charge < -0.3 is 5.73 Å². The van der Waals surface area contributed by atoms with Crippen molar-refractivity contribution < 1.29 is 0 Å². The molecule has 80 valence electrons. The highest BCUT2D eigenvalue weighted by Crippen LogP contribution is 2.31. The number of hydrogen-bond donors (Lipinski definition) is 1. The third-order valence-corrected chi connectivity index (χ3v) is 3.90. The van der Waals surface area contributed by atoms with Gasteiger partial charge in [-0.15, -0.1) is 11.8 Å². The van der Waals surface area contributed by atoms with Crippen LogP contribution in [0.15, 0.2) is 23.1 Å². The SMILES string of the molecule is CC(C)C(C)Sc1ccc(N)cc1C#N. The van der Waals surface area contributed by atoms with E-state index < -0.39 is 0 Å². The van der Waals surface area contributed by atoms with Crippen LogP contribution in [0.5, 0.6) is 0 Å². The number of hydrogen-bond acceptors (Lipinski definition) is 3. The molecule has 0 aliphatic rings. The van der Waals surface area contributed by atoms with Gasteiger partial charge in [0.1, 0.15) is 6.07 Å². The van der Waals surface area contributed by atoms with Crippen LogP contribution in [0, 0.1) is 17.2 Å². The molecule has 1 aromatic rings. The number of thioether (sulfide) groups is 1. The van der Waals surface area contributed by atoms with Gasteiger partial charge in [0.2, 0.25) is 0 Å². The fraction of sp³-hybridized carbons (Fsp3) is 0.417. The van der Waals surface area contributed by atoms with E-state index in [2.05, 4.69) is 26.8 Å². The molecular formula is C12H16N2S. The summed E-state index contributed by atoms with van der Waals surface area (Å²) in [4.78, 5) is 1.02. The summed E-state index contributed by atoms with van der Waals surface area (Å²) in [7, 11) is 0. The molecular weight excluding hydrogens is 204 g/mol. The first-order valence-electron chi connectivity index (χ1n) is 5.01. The maximum absolute atomic E-state index is 8.98. The van der Waals surface area contributed by atoms with Crippen molar-refractivity contribution >= 4 is 17.4 Å². The summed E-state index contributed by atoms with van der Waals surface area (Å²) in [6, 6.07) is 7.68. The van der Waals surface area contributed by atoms with Crippen LogP contribution in [0.3, 0.4) is 0 Å². The molecule has 2 N–H and O–H groups in total. The standard InChI is InChI=1S/C12H16N2S/c1-8(2)9(3)15-12-5-4-11(14)6-10(12)7-13/h4-6,8-9H,14H2,1-3H3. The number of nitrogen functional groups attached to an aromatic ring is 1. The minimum atomic E-state index is 0.501. The van der Waals surface area contributed by atoms with Crippen LogP contribution >= 0.6 is 11.8 Å². The molecule has 3 heteroatoms. The van der Waals surface area contributed by atoms with Gasteiger partial charge >= 0.3 is 0 Å². The van der Waals surface area contributed by atoms with E-state index >= 15 is 0 Å². The van der Waals surface area contributed by atoms with Crippen molar-refractivity contribution in [3.63, 3.8) is 0 Å². The minimum absolute atomic E-state index is 0.501. The van der Waals surface area contributed by atoms with Gasteiger partial charge in [-0.2, -0.15) is 5.26 Å². The molecule has 2 nitrogen and oxygen atoms in total. The Labute approximate surface area is 95.5 Å². The highest BCUT2D eigenvalue weighted by molar-refractivity contribution is 8.00. The molecule has 0 aliphatic carbocycles. The van der Waals surface area contributed by atoms with Crippen LogP contribution in [0.4, 0.5) is 5.69 Å². The van der Waals surface area contributed by atoms with Crippen molar-refractivity contribution in [1.82, 2.24) is 0 Å². The van der Waals surface area contributed by atoms with Gasteiger partial charge in [-0.25, -0.2) is 0 Å². The van der Waals surface area contributed by atoms with Gasteiger partial charge in [0, 0.05) is 15.8 Å². The Morgan fingerprint density at radius 2 is 2.00 bits per heavy atom. The van der Waals surface area contributed by atoms with E-state index in [4.69, 9.17) is 11.0 Å². The number of rotatable bonds is 3. The molecule has 1 rings (SSSR count). The third kappa shape index (κ3) is 3.17. The Morgan fingerprint density at radius 3 is 2.53 bits per heavy atom. The Hall–Kier alpha value is -1.14. The molecule has 0 saturated heterocycles. The van der Waals surface area contributed by atoms with Crippen molar-refractivity contribution in [3.05, 3.63) is 23.8 Å². The maximum Gasteiger partial charge on any atom is 0.100 e. The molecule has 0 heterocycles. The summed E-state index contributed by atoms with van der Waals surface area (Å²) >= 11 is 1.73. The molecule has 0 fully saturated rings. The lowest BCUT2D eigenvalue weighted by Gasteiger charge is -2.15. The van der Waals surface area contributed by atoms with Crippen molar-refractivity contribution in [2.45, 2.75) is 30.9 Å². The summed E-state index contributed by atoms with van der Waals surface area (Å²) < 4.78 is 0. The summed E-state index contributed by atoms with van der Waals surface area (Å²) in [6.45, 7) is 6.54. The average Bonchev–Trinajstić information content (AvgIpc) is 2.20. The highest BCUT2D eigenvalue weighted by atomic mass is 32.2. The number of nitrogens with two attached hydrogens (primary N) is 1. The van der Waals surface area contributed by atoms with E-state index in [0.717, 1.165) is 4.90 Å². The van der Waals surface area contributed by atoms with Crippen LogP contribution in [0.1, 0.15) is 26.3 Å². The van der Waals surface area contributed by atoms with Crippen LogP contribution < -0.4 is 5.73 Å².